The molecule has 1 aliphatic rings. The number of fused-ring (bicyclic) bond motifs is 1. The minimum absolute atomic E-state index is 0.830. The van der Waals surface area contributed by atoms with Crippen molar-refractivity contribution in [3.05, 3.63) is 35.0 Å². The van der Waals surface area contributed by atoms with Gasteiger partial charge >= 0.3 is 0 Å². The summed E-state index contributed by atoms with van der Waals surface area (Å²) in [5.74, 6) is 1.87. The molecule has 0 unspecified atom stereocenters. The summed E-state index contributed by atoms with van der Waals surface area (Å²) in [5, 5.41) is 5.53. The molecule has 0 amide bonds. The molecule has 1 heterocycles. The molecule has 1 aliphatic carbocycles. The van der Waals surface area contributed by atoms with Gasteiger partial charge in [0.1, 0.15) is 0 Å². The molecule has 3 heteroatoms. The number of benzene rings is 1. The van der Waals surface area contributed by atoms with E-state index in [2.05, 4.69) is 29.4 Å². The van der Waals surface area contributed by atoms with Crippen molar-refractivity contribution in [3.63, 3.8) is 0 Å². The molecule has 0 radical (unpaired) electrons. The van der Waals surface area contributed by atoms with Crippen molar-refractivity contribution < 1.29 is 0 Å². The van der Waals surface area contributed by atoms with Crippen molar-refractivity contribution >= 4 is 22.5 Å². The molecule has 1 aromatic carbocycles. The van der Waals surface area contributed by atoms with Crippen LogP contribution >= 0.6 is 11.6 Å². The quantitative estimate of drug-likeness (QED) is 0.737. The predicted molar refractivity (Wildman–Crippen MR) is 90.8 cm³/mol. The number of halogens is 1. The van der Waals surface area contributed by atoms with Crippen LogP contribution in [0.3, 0.4) is 0 Å². The lowest BCUT2D eigenvalue weighted by molar-refractivity contribution is 0.275. The second-order valence-corrected chi connectivity index (χ2v) is 6.93. The van der Waals surface area contributed by atoms with Gasteiger partial charge in [-0.1, -0.05) is 62.4 Å². The highest BCUT2D eigenvalue weighted by Crippen LogP contribution is 2.30. The number of hydrogen-bond donors (Lipinski definition) is 2. The van der Waals surface area contributed by atoms with Gasteiger partial charge in [-0.05, 0) is 30.9 Å². The van der Waals surface area contributed by atoms with Crippen LogP contribution in [-0.2, 0) is 6.54 Å². The van der Waals surface area contributed by atoms with Crippen molar-refractivity contribution in [2.24, 2.45) is 11.8 Å². The molecule has 1 fully saturated rings. The Morgan fingerprint density at radius 1 is 1.19 bits per heavy atom. The summed E-state index contributed by atoms with van der Waals surface area (Å²) < 4.78 is 0. The average Bonchev–Trinajstić information content (AvgIpc) is 2.82. The molecular weight excluding hydrogens is 280 g/mol. The monoisotopic (exact) mass is 304 g/mol. The molecule has 0 saturated heterocycles. The third kappa shape index (κ3) is 3.61. The van der Waals surface area contributed by atoms with Gasteiger partial charge in [0.05, 0.1) is 5.02 Å². The molecule has 1 saturated carbocycles. The first-order valence-corrected chi connectivity index (χ1v) is 8.57. The summed E-state index contributed by atoms with van der Waals surface area (Å²) in [5.41, 5.74) is 2.23. The summed E-state index contributed by atoms with van der Waals surface area (Å²) in [4.78, 5) is 3.41. The zero-order valence-corrected chi connectivity index (χ0v) is 13.5. The number of aromatic amines is 1. The van der Waals surface area contributed by atoms with Crippen LogP contribution in [0.4, 0.5) is 0 Å². The lowest BCUT2D eigenvalue weighted by Gasteiger charge is -2.26. The normalized spacial score (nSPS) is 22.8. The second kappa shape index (κ2) is 6.85. The van der Waals surface area contributed by atoms with Gasteiger partial charge in [0.2, 0.25) is 0 Å². The number of H-pyrrole nitrogens is 1. The third-order valence-electron chi connectivity index (χ3n) is 4.88. The van der Waals surface area contributed by atoms with Gasteiger partial charge in [-0.15, -0.1) is 0 Å². The largest absolute Gasteiger partial charge is 0.356 e. The van der Waals surface area contributed by atoms with Crippen LogP contribution in [-0.4, -0.2) is 11.5 Å². The van der Waals surface area contributed by atoms with Crippen molar-refractivity contribution in [2.75, 3.05) is 6.54 Å². The summed E-state index contributed by atoms with van der Waals surface area (Å²) in [7, 11) is 0. The first kappa shape index (κ1) is 14.9. The maximum Gasteiger partial charge on any atom is 0.0705 e. The number of hydrogen-bond acceptors (Lipinski definition) is 1. The van der Waals surface area contributed by atoms with Gasteiger partial charge in [-0.25, -0.2) is 0 Å². The standard InChI is InChI=1S/C18H25ClN2/c1-13-6-8-14(9-7-13)10-11-20-12-17-18(19)15-4-2-3-5-16(15)21-17/h2-5,13-14,20-21H,6-12H2,1H3. The molecule has 21 heavy (non-hydrogen) atoms. The van der Waals surface area contributed by atoms with E-state index in [1.165, 1.54) is 32.1 Å². The highest BCUT2D eigenvalue weighted by Gasteiger charge is 2.17. The van der Waals surface area contributed by atoms with Crippen LogP contribution in [0.5, 0.6) is 0 Å². The fourth-order valence-corrected chi connectivity index (χ4v) is 3.70. The number of rotatable bonds is 5. The van der Waals surface area contributed by atoms with E-state index in [-0.39, 0.29) is 0 Å². The van der Waals surface area contributed by atoms with Crippen LogP contribution in [0.1, 0.15) is 44.7 Å². The van der Waals surface area contributed by atoms with Gasteiger partial charge < -0.3 is 10.3 Å². The molecule has 0 spiro atoms. The van der Waals surface area contributed by atoms with Crippen molar-refractivity contribution in [2.45, 2.75) is 45.6 Å². The highest BCUT2D eigenvalue weighted by molar-refractivity contribution is 6.36. The Hall–Kier alpha value is -0.990. The molecule has 2 aromatic rings. The molecule has 2 N–H and O–H groups in total. The van der Waals surface area contributed by atoms with Crippen LogP contribution in [0.25, 0.3) is 10.9 Å². The van der Waals surface area contributed by atoms with E-state index in [0.29, 0.717) is 0 Å². The van der Waals surface area contributed by atoms with Crippen molar-refractivity contribution in [3.8, 4) is 0 Å². The van der Waals surface area contributed by atoms with Gasteiger partial charge in [-0.3, -0.25) is 0 Å². The number of nitrogens with one attached hydrogen (secondary N) is 2. The summed E-state index contributed by atoms with van der Waals surface area (Å²) in [6, 6.07) is 8.22. The van der Waals surface area contributed by atoms with E-state index in [9.17, 15) is 0 Å². The molecule has 1 aromatic heterocycles. The second-order valence-electron chi connectivity index (χ2n) is 6.55. The lowest BCUT2D eigenvalue weighted by atomic mass is 9.81. The van der Waals surface area contributed by atoms with Gasteiger partial charge in [-0.2, -0.15) is 0 Å². The fourth-order valence-electron chi connectivity index (χ4n) is 3.42. The van der Waals surface area contributed by atoms with Crippen LogP contribution in [0.2, 0.25) is 5.02 Å². The molecule has 0 atom stereocenters. The number of aromatic nitrogens is 1. The van der Waals surface area contributed by atoms with E-state index in [1.54, 1.807) is 0 Å². The van der Waals surface area contributed by atoms with Gasteiger partial charge in [0, 0.05) is 23.1 Å². The smallest absolute Gasteiger partial charge is 0.0705 e. The topological polar surface area (TPSA) is 27.8 Å². The predicted octanol–water partition coefficient (Wildman–Crippen LogP) is 5.13. The van der Waals surface area contributed by atoms with Gasteiger partial charge in [0.25, 0.3) is 0 Å². The molecule has 3 rings (SSSR count). The van der Waals surface area contributed by atoms with Crippen molar-refractivity contribution in [1.29, 1.82) is 0 Å². The summed E-state index contributed by atoms with van der Waals surface area (Å²) in [6.07, 6.45) is 6.95. The fraction of sp³-hybridized carbons (Fsp3) is 0.556. The first-order chi connectivity index (χ1) is 10.2. The number of para-hydroxylation sites is 1. The first-order valence-electron chi connectivity index (χ1n) is 8.20. The van der Waals surface area contributed by atoms with Crippen LogP contribution < -0.4 is 5.32 Å². The Kier molecular flexibility index (Phi) is 4.87. The molecule has 0 bridgehead atoms. The Morgan fingerprint density at radius 3 is 2.71 bits per heavy atom. The minimum Gasteiger partial charge on any atom is -0.356 e. The minimum atomic E-state index is 0.830. The highest BCUT2D eigenvalue weighted by atomic mass is 35.5. The molecule has 114 valence electrons. The summed E-state index contributed by atoms with van der Waals surface area (Å²) >= 11 is 6.43. The van der Waals surface area contributed by atoms with Crippen molar-refractivity contribution in [1.82, 2.24) is 10.3 Å². The van der Waals surface area contributed by atoms with E-state index in [1.807, 2.05) is 12.1 Å². The maximum atomic E-state index is 6.43. The maximum absolute atomic E-state index is 6.43. The van der Waals surface area contributed by atoms with E-state index < -0.39 is 0 Å². The zero-order chi connectivity index (χ0) is 14.7. The average molecular weight is 305 g/mol. The van der Waals surface area contributed by atoms with E-state index in [4.69, 9.17) is 11.6 Å². The van der Waals surface area contributed by atoms with E-state index in [0.717, 1.165) is 46.5 Å². The third-order valence-corrected chi connectivity index (χ3v) is 5.31. The van der Waals surface area contributed by atoms with E-state index >= 15 is 0 Å². The molecular formula is C18H25ClN2. The zero-order valence-electron chi connectivity index (χ0n) is 12.8. The SMILES string of the molecule is CC1CCC(CCNCc2[nH]c3ccccc3c2Cl)CC1. The van der Waals surface area contributed by atoms with Crippen LogP contribution in [0.15, 0.2) is 24.3 Å². The Bertz CT molecular complexity index is 582. The Morgan fingerprint density at radius 2 is 1.95 bits per heavy atom. The summed E-state index contributed by atoms with van der Waals surface area (Å²) in [6.45, 7) is 4.30. The van der Waals surface area contributed by atoms with Crippen LogP contribution in [0, 0.1) is 11.8 Å². The Balaban J connectivity index is 1.47. The Labute approximate surface area is 132 Å². The molecule has 0 aliphatic heterocycles. The molecule has 2 nitrogen and oxygen atoms in total. The van der Waals surface area contributed by atoms with Gasteiger partial charge in [0.15, 0.2) is 0 Å². The lowest BCUT2D eigenvalue weighted by Crippen LogP contribution is -2.20.